The normalized spacial score (nSPS) is 23.3. The maximum atomic E-state index is 13.2. The summed E-state index contributed by atoms with van der Waals surface area (Å²) in [5.41, 5.74) is 2.12. The van der Waals surface area contributed by atoms with Crippen molar-refractivity contribution in [3.63, 3.8) is 0 Å². The van der Waals surface area contributed by atoms with Crippen molar-refractivity contribution in [3.05, 3.63) is 47.8 Å². The number of pyridine rings is 1. The molecule has 0 radical (unpaired) electrons. The number of ketones is 1. The second-order valence-corrected chi connectivity index (χ2v) is 8.41. The number of aromatic nitrogens is 1. The number of carbonyl (C=O) groups excluding carboxylic acids is 2. The Kier molecular flexibility index (Phi) is 5.60. The third-order valence-electron chi connectivity index (χ3n) is 6.28. The largest absolute Gasteiger partial charge is 0.364 e. The van der Waals surface area contributed by atoms with E-state index < -0.39 is 0 Å². The molecule has 5 heteroatoms. The number of anilines is 1. The zero-order valence-electron chi connectivity index (χ0n) is 16.6. The molecule has 0 spiro atoms. The number of nitrogens with one attached hydrogen (secondary N) is 1. The number of hydrogen-bond donors (Lipinski definition) is 1. The molecule has 2 aliphatic carbocycles. The van der Waals surface area contributed by atoms with Crippen LogP contribution < -0.4 is 5.32 Å². The van der Waals surface area contributed by atoms with Gasteiger partial charge in [0.05, 0.1) is 5.92 Å². The van der Waals surface area contributed by atoms with Crippen LogP contribution in [0.2, 0.25) is 0 Å². The van der Waals surface area contributed by atoms with Crippen LogP contribution in [0.15, 0.2) is 42.3 Å². The van der Waals surface area contributed by atoms with E-state index in [4.69, 9.17) is 0 Å². The molecule has 2 heterocycles. The molecule has 28 heavy (non-hydrogen) atoms. The number of fused-ring (bicyclic) bond motifs is 1. The average molecular weight is 380 g/mol. The minimum absolute atomic E-state index is 0.0180. The minimum Gasteiger partial charge on any atom is -0.364 e. The zero-order valence-corrected chi connectivity index (χ0v) is 16.6. The first kappa shape index (κ1) is 18.9. The monoisotopic (exact) mass is 379 g/mol. The molecule has 1 aliphatic heterocycles. The predicted octanol–water partition coefficient (Wildman–Crippen LogP) is 4.01. The number of hydrogen-bond acceptors (Lipinski definition) is 4. The highest BCUT2D eigenvalue weighted by Crippen LogP contribution is 2.34. The van der Waals surface area contributed by atoms with Crippen LogP contribution in [0.5, 0.6) is 0 Å². The van der Waals surface area contributed by atoms with E-state index in [1.807, 2.05) is 37.4 Å². The first-order valence-electron chi connectivity index (χ1n) is 10.5. The molecular weight excluding hydrogens is 350 g/mol. The Morgan fingerprint density at radius 3 is 2.89 bits per heavy atom. The van der Waals surface area contributed by atoms with Gasteiger partial charge in [-0.15, -0.1) is 0 Å². The Hall–Kier alpha value is -2.43. The van der Waals surface area contributed by atoms with Crippen LogP contribution in [0.4, 0.5) is 5.82 Å². The summed E-state index contributed by atoms with van der Waals surface area (Å²) in [5.74, 6) is 1.33. The van der Waals surface area contributed by atoms with Gasteiger partial charge in [-0.1, -0.05) is 44.3 Å². The molecule has 1 N–H and O–H groups in total. The minimum atomic E-state index is -0.260. The first-order valence-corrected chi connectivity index (χ1v) is 10.5. The molecule has 1 amide bonds. The molecule has 2 atom stereocenters. The second-order valence-electron chi connectivity index (χ2n) is 8.41. The fraction of sp³-hybridized carbons (Fsp3) is 0.522. The number of rotatable bonds is 5. The van der Waals surface area contributed by atoms with Crippen molar-refractivity contribution < 1.29 is 9.59 Å². The summed E-state index contributed by atoms with van der Waals surface area (Å²) in [7, 11) is 0. The van der Waals surface area contributed by atoms with Crippen LogP contribution in [-0.2, 0) is 9.59 Å². The fourth-order valence-electron chi connectivity index (χ4n) is 4.71. The number of nitrogens with zero attached hydrogens (tertiary/aromatic N) is 2. The standard InChI is InChI=1S/C23H29N3O2/c1-16-10-11-24-22(12-16)25-23(28)20(13-17-6-3-2-4-7-17)26-14-18-8-5-9-21(27)19(18)15-26/h5,8,10-12,14,17,19-20H,2-4,6-7,9,13,15H2,1H3,(H,24,25,28). The van der Waals surface area contributed by atoms with Gasteiger partial charge in [-0.25, -0.2) is 4.98 Å². The van der Waals surface area contributed by atoms with Gasteiger partial charge < -0.3 is 10.2 Å². The lowest BCUT2D eigenvalue weighted by Gasteiger charge is -2.32. The first-order chi connectivity index (χ1) is 13.6. The van der Waals surface area contributed by atoms with Crippen molar-refractivity contribution in [2.24, 2.45) is 11.8 Å². The summed E-state index contributed by atoms with van der Waals surface area (Å²) in [4.78, 5) is 31.9. The van der Waals surface area contributed by atoms with Gasteiger partial charge in [0.25, 0.3) is 0 Å². The molecule has 3 aliphatic rings. The molecule has 0 aromatic carbocycles. The molecular formula is C23H29N3O2. The quantitative estimate of drug-likeness (QED) is 0.840. The van der Waals surface area contributed by atoms with Gasteiger partial charge in [0.15, 0.2) is 0 Å². The van der Waals surface area contributed by atoms with Gasteiger partial charge in [-0.3, -0.25) is 9.59 Å². The Labute approximate surface area is 166 Å². The molecule has 148 valence electrons. The smallest absolute Gasteiger partial charge is 0.248 e. The highest BCUT2D eigenvalue weighted by molar-refractivity contribution is 5.94. The third-order valence-corrected chi connectivity index (χ3v) is 6.28. The predicted molar refractivity (Wildman–Crippen MR) is 110 cm³/mol. The van der Waals surface area contributed by atoms with E-state index in [0.29, 0.717) is 24.7 Å². The molecule has 0 bridgehead atoms. The van der Waals surface area contributed by atoms with Gasteiger partial charge in [0, 0.05) is 25.4 Å². The van der Waals surface area contributed by atoms with Crippen molar-refractivity contribution in [1.82, 2.24) is 9.88 Å². The number of carbonyl (C=O) groups is 2. The van der Waals surface area contributed by atoms with Crippen molar-refractivity contribution in [1.29, 1.82) is 0 Å². The summed E-state index contributed by atoms with van der Waals surface area (Å²) in [5, 5.41) is 3.02. The molecule has 1 fully saturated rings. The Balaban J connectivity index is 1.53. The molecule has 1 aromatic rings. The summed E-state index contributed by atoms with van der Waals surface area (Å²) < 4.78 is 0. The van der Waals surface area contributed by atoms with E-state index in [2.05, 4.69) is 15.2 Å². The average Bonchev–Trinajstić information content (AvgIpc) is 3.12. The highest BCUT2D eigenvalue weighted by Gasteiger charge is 2.37. The summed E-state index contributed by atoms with van der Waals surface area (Å²) in [6, 6.07) is 3.55. The van der Waals surface area contributed by atoms with Gasteiger partial charge in [0.1, 0.15) is 17.6 Å². The van der Waals surface area contributed by atoms with Crippen LogP contribution in [0.3, 0.4) is 0 Å². The Morgan fingerprint density at radius 1 is 1.32 bits per heavy atom. The van der Waals surface area contributed by atoms with E-state index in [1.165, 1.54) is 32.1 Å². The molecule has 1 saturated carbocycles. The number of amides is 1. The fourth-order valence-corrected chi connectivity index (χ4v) is 4.71. The van der Waals surface area contributed by atoms with Gasteiger partial charge in [-0.2, -0.15) is 0 Å². The summed E-state index contributed by atoms with van der Waals surface area (Å²) in [6.07, 6.45) is 15.3. The molecule has 4 rings (SSSR count). The van der Waals surface area contributed by atoms with Crippen LogP contribution in [0.25, 0.3) is 0 Å². The van der Waals surface area contributed by atoms with E-state index in [0.717, 1.165) is 17.6 Å². The maximum Gasteiger partial charge on any atom is 0.248 e. The van der Waals surface area contributed by atoms with Crippen LogP contribution in [0.1, 0.15) is 50.5 Å². The maximum absolute atomic E-state index is 13.2. The third kappa shape index (κ3) is 4.18. The van der Waals surface area contributed by atoms with Gasteiger partial charge in [-0.05, 0) is 42.5 Å². The Bertz CT molecular complexity index is 808. The summed E-state index contributed by atoms with van der Waals surface area (Å²) in [6.45, 7) is 2.61. The van der Waals surface area contributed by atoms with Crippen LogP contribution in [0, 0.1) is 18.8 Å². The highest BCUT2D eigenvalue weighted by atomic mass is 16.2. The lowest BCUT2D eigenvalue weighted by atomic mass is 9.84. The second kappa shape index (κ2) is 8.29. The van der Waals surface area contributed by atoms with Crippen molar-refractivity contribution in [2.75, 3.05) is 11.9 Å². The van der Waals surface area contributed by atoms with Gasteiger partial charge in [0.2, 0.25) is 5.91 Å². The van der Waals surface area contributed by atoms with E-state index in [-0.39, 0.29) is 23.7 Å². The van der Waals surface area contributed by atoms with E-state index in [9.17, 15) is 9.59 Å². The Morgan fingerprint density at radius 2 is 2.14 bits per heavy atom. The van der Waals surface area contributed by atoms with Crippen molar-refractivity contribution >= 4 is 17.5 Å². The van der Waals surface area contributed by atoms with Crippen molar-refractivity contribution in [3.8, 4) is 0 Å². The lowest BCUT2D eigenvalue weighted by molar-refractivity contribution is -0.123. The SMILES string of the molecule is Cc1ccnc(NC(=O)C(CC2CCCCC2)N2C=C3C=CCC(=O)C3C2)c1. The topological polar surface area (TPSA) is 62.3 Å². The molecule has 5 nitrogen and oxygen atoms in total. The van der Waals surface area contributed by atoms with Crippen LogP contribution >= 0.6 is 0 Å². The molecule has 1 aromatic heterocycles. The lowest BCUT2D eigenvalue weighted by Crippen LogP contribution is -2.43. The number of allylic oxidation sites excluding steroid dienone is 2. The van der Waals surface area contributed by atoms with E-state index >= 15 is 0 Å². The number of aryl methyl sites for hydroxylation is 1. The summed E-state index contributed by atoms with van der Waals surface area (Å²) >= 11 is 0. The molecule has 0 saturated heterocycles. The molecule has 2 unspecified atom stereocenters. The van der Waals surface area contributed by atoms with Crippen LogP contribution in [-0.4, -0.2) is 34.2 Å². The number of Topliss-reactive ketones (excluding diaryl/α,β-unsaturated/α-hetero) is 1. The zero-order chi connectivity index (χ0) is 19.5. The van der Waals surface area contributed by atoms with E-state index in [1.54, 1.807) is 6.20 Å². The van der Waals surface area contributed by atoms with Crippen molar-refractivity contribution in [2.45, 2.75) is 57.9 Å². The van der Waals surface area contributed by atoms with Gasteiger partial charge >= 0.3 is 0 Å².